The number of aryl methyl sites for hydroxylation is 1. The van der Waals surface area contributed by atoms with E-state index in [0.29, 0.717) is 30.6 Å². The smallest absolute Gasteiger partial charge is 0.306 e. The highest BCUT2D eigenvalue weighted by molar-refractivity contribution is 7.09. The van der Waals surface area contributed by atoms with Gasteiger partial charge in [-0.2, -0.15) is 0 Å². The third-order valence-electron chi connectivity index (χ3n) is 8.47. The summed E-state index contributed by atoms with van der Waals surface area (Å²) in [6.07, 6.45) is 8.65. The van der Waals surface area contributed by atoms with Crippen molar-refractivity contribution in [2.75, 3.05) is 0 Å². The predicted molar refractivity (Wildman–Crippen MR) is 147 cm³/mol. The fourth-order valence-electron chi connectivity index (χ4n) is 4.90. The summed E-state index contributed by atoms with van der Waals surface area (Å²) in [6, 6.07) is 0. The maximum Gasteiger partial charge on any atom is 0.306 e. The Labute approximate surface area is 212 Å². The minimum Gasteiger partial charge on any atom is -0.457 e. The molecular formula is C30H47NO2S. The van der Waals surface area contributed by atoms with Crippen LogP contribution in [0.3, 0.4) is 0 Å². The van der Waals surface area contributed by atoms with Crippen LogP contribution in [0.25, 0.3) is 6.08 Å². The summed E-state index contributed by atoms with van der Waals surface area (Å²) in [7, 11) is 0. The summed E-state index contributed by atoms with van der Waals surface area (Å²) in [4.78, 5) is 17.7. The first kappa shape index (κ1) is 28.6. The van der Waals surface area contributed by atoms with Crippen molar-refractivity contribution in [3.8, 4) is 0 Å². The molecule has 190 valence electrons. The van der Waals surface area contributed by atoms with Gasteiger partial charge in [-0.05, 0) is 74.3 Å². The van der Waals surface area contributed by atoms with Crippen LogP contribution in [0.4, 0.5) is 0 Å². The molecular weight excluding hydrogens is 438 g/mol. The fourth-order valence-corrected chi connectivity index (χ4v) is 5.47. The highest BCUT2D eigenvalue weighted by Gasteiger charge is 2.36. The summed E-state index contributed by atoms with van der Waals surface area (Å²) in [5.41, 5.74) is 4.46. The van der Waals surface area contributed by atoms with Crippen LogP contribution < -0.4 is 0 Å². The second kappa shape index (κ2) is 12.3. The van der Waals surface area contributed by atoms with Gasteiger partial charge in [0.05, 0.1) is 10.7 Å². The first-order valence-electron chi connectivity index (χ1n) is 13.0. The van der Waals surface area contributed by atoms with Crippen LogP contribution in [-0.2, 0) is 9.53 Å². The van der Waals surface area contributed by atoms with Gasteiger partial charge in [0.2, 0.25) is 0 Å². The molecule has 0 spiro atoms. The lowest BCUT2D eigenvalue weighted by atomic mass is 9.65. The van der Waals surface area contributed by atoms with Gasteiger partial charge >= 0.3 is 5.97 Å². The summed E-state index contributed by atoms with van der Waals surface area (Å²) in [5.74, 6) is 1.63. The van der Waals surface area contributed by atoms with E-state index in [0.717, 1.165) is 22.7 Å². The van der Waals surface area contributed by atoms with E-state index in [-0.39, 0.29) is 23.4 Å². The molecule has 0 amide bonds. The molecule has 0 fully saturated rings. The van der Waals surface area contributed by atoms with E-state index in [1.54, 1.807) is 11.3 Å². The number of nitrogens with zero attached hydrogens (tertiary/aromatic N) is 1. The molecule has 1 aromatic rings. The van der Waals surface area contributed by atoms with Crippen molar-refractivity contribution >= 4 is 23.4 Å². The molecule has 4 heteroatoms. The molecule has 1 aromatic heterocycles. The number of hydrogen-bond acceptors (Lipinski definition) is 4. The molecule has 0 bridgehead atoms. The maximum atomic E-state index is 13.1. The monoisotopic (exact) mass is 485 g/mol. The summed E-state index contributed by atoms with van der Waals surface area (Å²) >= 11 is 1.64. The number of hydrogen-bond donors (Lipinski definition) is 0. The zero-order valence-corrected chi connectivity index (χ0v) is 23.8. The summed E-state index contributed by atoms with van der Waals surface area (Å²) < 4.78 is 6.10. The van der Waals surface area contributed by atoms with Crippen LogP contribution in [0.15, 0.2) is 34.8 Å². The second-order valence-electron chi connectivity index (χ2n) is 11.3. The lowest BCUT2D eigenvalue weighted by Crippen LogP contribution is -2.33. The minimum absolute atomic E-state index is 0.132. The maximum absolute atomic E-state index is 13.1. The topological polar surface area (TPSA) is 39.2 Å². The van der Waals surface area contributed by atoms with Crippen molar-refractivity contribution in [3.63, 3.8) is 0 Å². The van der Waals surface area contributed by atoms with Crippen LogP contribution in [0, 0.1) is 36.0 Å². The first-order valence-corrected chi connectivity index (χ1v) is 13.9. The van der Waals surface area contributed by atoms with Gasteiger partial charge in [0.15, 0.2) is 0 Å². The normalized spacial score (nSPS) is 32.1. The van der Waals surface area contributed by atoms with Crippen molar-refractivity contribution in [1.82, 2.24) is 4.98 Å². The zero-order valence-electron chi connectivity index (χ0n) is 23.0. The Bertz CT molecular complexity index is 907. The third kappa shape index (κ3) is 7.66. The lowest BCUT2D eigenvalue weighted by Gasteiger charge is -2.40. The van der Waals surface area contributed by atoms with Gasteiger partial charge in [0.1, 0.15) is 6.10 Å². The van der Waals surface area contributed by atoms with Crippen LogP contribution in [0.1, 0.15) is 98.2 Å². The number of ether oxygens (including phenoxy) is 1. The van der Waals surface area contributed by atoms with Gasteiger partial charge in [-0.1, -0.05) is 71.8 Å². The van der Waals surface area contributed by atoms with E-state index in [1.807, 2.05) is 13.8 Å². The number of rotatable bonds is 2. The van der Waals surface area contributed by atoms with Crippen molar-refractivity contribution in [3.05, 3.63) is 45.5 Å². The lowest BCUT2D eigenvalue weighted by molar-refractivity contribution is -0.149. The number of aromatic nitrogens is 1. The third-order valence-corrected chi connectivity index (χ3v) is 9.26. The first-order chi connectivity index (χ1) is 15.8. The van der Waals surface area contributed by atoms with E-state index in [1.165, 1.54) is 24.0 Å². The molecule has 1 aliphatic heterocycles. The van der Waals surface area contributed by atoms with Crippen molar-refractivity contribution in [2.24, 2.45) is 29.1 Å². The molecule has 5 atom stereocenters. The van der Waals surface area contributed by atoms with E-state index < -0.39 is 0 Å². The molecule has 3 nitrogen and oxygen atoms in total. The van der Waals surface area contributed by atoms with Gasteiger partial charge in [-0.15, -0.1) is 11.3 Å². The predicted octanol–water partition coefficient (Wildman–Crippen LogP) is 8.80. The van der Waals surface area contributed by atoms with Gasteiger partial charge in [-0.25, -0.2) is 4.98 Å². The number of thiazole rings is 1. The number of cyclic esters (lactones) is 1. The fraction of sp³-hybridized carbons (Fsp3) is 0.667. The van der Waals surface area contributed by atoms with Gasteiger partial charge in [0.25, 0.3) is 0 Å². The van der Waals surface area contributed by atoms with Crippen LogP contribution in [0.2, 0.25) is 0 Å². The van der Waals surface area contributed by atoms with Crippen molar-refractivity contribution in [2.45, 2.75) is 101 Å². The SMILES string of the molecule is C=C1[C@H](C)[C@@H](C)[C@@H](C)CCC/C(C)=C\C[C@@H](/C(C)=C/c2csc(C)n2)OC(=O)C[C@H](C)C1(C)C. The average molecular weight is 486 g/mol. The number of carbonyl (C=O) groups is 1. The Morgan fingerprint density at radius 2 is 1.91 bits per heavy atom. The highest BCUT2D eigenvalue weighted by atomic mass is 32.1. The average Bonchev–Trinajstić information content (AvgIpc) is 3.18. The second-order valence-corrected chi connectivity index (χ2v) is 12.4. The minimum atomic E-state index is -0.270. The molecule has 2 heterocycles. The van der Waals surface area contributed by atoms with E-state index in [4.69, 9.17) is 4.74 Å². The molecule has 0 saturated heterocycles. The Morgan fingerprint density at radius 3 is 2.53 bits per heavy atom. The molecule has 34 heavy (non-hydrogen) atoms. The number of carbonyl (C=O) groups excluding carboxylic acids is 1. The molecule has 0 saturated carbocycles. The molecule has 0 aromatic carbocycles. The van der Waals surface area contributed by atoms with Crippen LogP contribution in [0.5, 0.6) is 0 Å². The quantitative estimate of drug-likeness (QED) is 0.310. The van der Waals surface area contributed by atoms with Crippen LogP contribution in [-0.4, -0.2) is 17.1 Å². The Kier molecular flexibility index (Phi) is 10.4. The van der Waals surface area contributed by atoms with Gasteiger partial charge < -0.3 is 4.74 Å². The summed E-state index contributed by atoms with van der Waals surface area (Å²) in [5, 5.41) is 3.09. The molecule has 2 rings (SSSR count). The van der Waals surface area contributed by atoms with Crippen molar-refractivity contribution in [1.29, 1.82) is 0 Å². The Morgan fingerprint density at radius 1 is 1.24 bits per heavy atom. The van der Waals surface area contributed by atoms with Crippen LogP contribution >= 0.6 is 11.3 Å². The highest BCUT2D eigenvalue weighted by Crippen LogP contribution is 2.43. The number of esters is 1. The molecule has 0 N–H and O–H groups in total. The van der Waals surface area contributed by atoms with E-state index in [2.05, 4.69) is 77.6 Å². The Balaban J connectivity index is 2.33. The van der Waals surface area contributed by atoms with Gasteiger partial charge in [-0.3, -0.25) is 4.79 Å². The van der Waals surface area contributed by atoms with E-state index in [9.17, 15) is 4.79 Å². The largest absolute Gasteiger partial charge is 0.457 e. The standard InChI is InChI=1S/C30H47NO2S/c1-19-12-11-13-20(2)23(5)24(6)25(7)30(9,10)22(4)17-29(32)33-28(15-14-19)21(3)16-27-18-34-26(8)31-27/h14,16,18,20,22-24,28H,7,11-13,15,17H2,1-6,8-10H3/b19-14-,21-16+/t20-,22-,23-,24+,28-/m0/s1. The van der Waals surface area contributed by atoms with Crippen molar-refractivity contribution < 1.29 is 9.53 Å². The summed E-state index contributed by atoms with van der Waals surface area (Å²) in [6.45, 7) is 24.5. The van der Waals surface area contributed by atoms with E-state index >= 15 is 0 Å². The molecule has 0 unspecified atom stereocenters. The Hall–Kier alpha value is -1.68. The zero-order chi connectivity index (χ0) is 25.6. The number of allylic oxidation sites excluding steroid dienone is 2. The molecule has 1 aliphatic rings. The van der Waals surface area contributed by atoms with Gasteiger partial charge in [0, 0.05) is 18.2 Å². The molecule has 0 aliphatic carbocycles. The molecule has 0 radical (unpaired) electrons.